The molecule has 0 heterocycles. The lowest BCUT2D eigenvalue weighted by Gasteiger charge is -2.16. The lowest BCUT2D eigenvalue weighted by molar-refractivity contribution is -0.585. The van der Waals surface area contributed by atoms with E-state index in [4.69, 9.17) is 20.4 Å². The van der Waals surface area contributed by atoms with E-state index < -0.39 is 28.7 Å². The van der Waals surface area contributed by atoms with E-state index in [2.05, 4.69) is 0 Å². The van der Waals surface area contributed by atoms with Crippen molar-refractivity contribution in [3.05, 3.63) is 10.1 Å². The van der Waals surface area contributed by atoms with E-state index in [1.165, 1.54) is 0 Å². The highest BCUT2D eigenvalue weighted by atomic mass is 16.6. The smallest absolute Gasteiger partial charge is 0.303 e. The van der Waals surface area contributed by atoms with Gasteiger partial charge in [-0.1, -0.05) is 0 Å². The quantitative estimate of drug-likeness (QED) is 0.221. The maximum atomic E-state index is 9.95. The van der Waals surface area contributed by atoms with Crippen LogP contribution >= 0.6 is 0 Å². The van der Waals surface area contributed by atoms with Crippen LogP contribution in [-0.2, 0) is 9.59 Å². The number of nitrogens with zero attached hydrogens (tertiary/aromatic N) is 1. The van der Waals surface area contributed by atoms with Crippen LogP contribution in [0.1, 0.15) is 39.5 Å². The molecule has 0 aromatic heterocycles. The van der Waals surface area contributed by atoms with Gasteiger partial charge in [0.15, 0.2) is 0 Å². The number of aliphatic hydroxyl groups excluding tert-OH is 1. The molecule has 19 heavy (non-hydrogen) atoms. The van der Waals surface area contributed by atoms with Gasteiger partial charge >= 0.3 is 11.9 Å². The fraction of sp³-hybridized carbons (Fsp3) is 0.800. The Morgan fingerprint density at radius 2 is 1.42 bits per heavy atom. The number of rotatable bonds is 7. The number of hydrogen-bond donors (Lipinski definition) is 4. The molecule has 4 N–H and O–H groups in total. The molecule has 9 nitrogen and oxygen atoms in total. The maximum Gasteiger partial charge on any atom is 0.303 e. The predicted molar refractivity (Wildman–Crippen MR) is 63.0 cm³/mol. The van der Waals surface area contributed by atoms with E-state index in [9.17, 15) is 19.7 Å². The van der Waals surface area contributed by atoms with Crippen LogP contribution in [0, 0.1) is 10.1 Å². The van der Waals surface area contributed by atoms with Crippen molar-refractivity contribution in [2.24, 2.45) is 0 Å². The molecule has 0 amide bonds. The summed E-state index contributed by atoms with van der Waals surface area (Å²) in [7, 11) is 0. The van der Waals surface area contributed by atoms with Crippen molar-refractivity contribution in [1.82, 2.24) is 0 Å². The van der Waals surface area contributed by atoms with E-state index >= 15 is 0 Å². The first kappa shape index (κ1) is 19.6. The summed E-state index contributed by atoms with van der Waals surface area (Å²) >= 11 is 0. The standard InChI is InChI=1S/C6H10O4.C4H9NO4/c7-5(8)3-1-2-4-6(9)10;1-4(2,3(6)7)5(8)9/h1-4H2,(H,7,8)(H,9,10);3,6-7H,1-2H3. The molecule has 0 aromatic rings. The fourth-order valence-corrected chi connectivity index (χ4v) is 0.647. The molecule has 112 valence electrons. The van der Waals surface area contributed by atoms with Crippen molar-refractivity contribution in [3.8, 4) is 0 Å². The highest BCUT2D eigenvalue weighted by Gasteiger charge is 2.38. The minimum absolute atomic E-state index is 0.0628. The molecule has 9 heteroatoms. The molecule has 0 rings (SSSR count). The lowest BCUT2D eigenvalue weighted by atomic mass is 10.1. The number of aliphatic hydroxyl groups is 2. The fourth-order valence-electron chi connectivity index (χ4n) is 0.647. The van der Waals surface area contributed by atoms with Crippen molar-refractivity contribution < 1.29 is 34.9 Å². The van der Waals surface area contributed by atoms with Crippen LogP contribution in [0.3, 0.4) is 0 Å². The molecule has 0 aromatic carbocycles. The third-order valence-corrected chi connectivity index (χ3v) is 2.13. The molecule has 0 bridgehead atoms. The van der Waals surface area contributed by atoms with E-state index in [1.54, 1.807) is 0 Å². The van der Waals surface area contributed by atoms with E-state index in [1.807, 2.05) is 0 Å². The Bertz CT molecular complexity index is 297. The second kappa shape index (κ2) is 9.22. The van der Waals surface area contributed by atoms with Gasteiger partial charge in [0.25, 0.3) is 5.54 Å². The molecule has 0 spiro atoms. The van der Waals surface area contributed by atoms with Gasteiger partial charge in [-0.25, -0.2) is 0 Å². The van der Waals surface area contributed by atoms with Gasteiger partial charge in [-0.3, -0.25) is 19.7 Å². The first-order valence-electron chi connectivity index (χ1n) is 5.46. The Morgan fingerprint density at radius 3 is 1.53 bits per heavy atom. The minimum atomic E-state index is -1.91. The largest absolute Gasteiger partial charge is 0.481 e. The van der Waals surface area contributed by atoms with Crippen molar-refractivity contribution >= 4 is 11.9 Å². The van der Waals surface area contributed by atoms with Gasteiger partial charge in [-0.2, -0.15) is 0 Å². The molecule has 0 aliphatic heterocycles. The minimum Gasteiger partial charge on any atom is -0.481 e. The zero-order valence-corrected chi connectivity index (χ0v) is 10.8. The topological polar surface area (TPSA) is 158 Å². The lowest BCUT2D eigenvalue weighted by Crippen LogP contribution is -2.43. The summed E-state index contributed by atoms with van der Waals surface area (Å²) in [5, 5.41) is 42.9. The van der Waals surface area contributed by atoms with Gasteiger partial charge in [-0.15, -0.1) is 0 Å². The van der Waals surface area contributed by atoms with E-state index in [-0.39, 0.29) is 12.8 Å². The van der Waals surface area contributed by atoms with Gasteiger partial charge in [0.05, 0.1) is 0 Å². The molecular weight excluding hydrogens is 262 g/mol. The Morgan fingerprint density at radius 1 is 1.11 bits per heavy atom. The SMILES string of the molecule is CC(C)(C(O)O)[N+](=O)[O-].O=C(O)CCCCC(=O)O. The summed E-state index contributed by atoms with van der Waals surface area (Å²) in [5.41, 5.74) is -1.67. The zero-order valence-electron chi connectivity index (χ0n) is 10.8. The van der Waals surface area contributed by atoms with Crippen LogP contribution < -0.4 is 0 Å². The molecule has 0 radical (unpaired) electrons. The van der Waals surface area contributed by atoms with Gasteiger partial charge in [-0.05, 0) is 12.8 Å². The first-order valence-corrected chi connectivity index (χ1v) is 5.46. The Labute approximate surface area is 109 Å². The Balaban J connectivity index is 0. The van der Waals surface area contributed by atoms with E-state index in [0.717, 1.165) is 13.8 Å². The van der Waals surface area contributed by atoms with Crippen LogP contribution in [0.15, 0.2) is 0 Å². The molecule has 0 saturated heterocycles. The van der Waals surface area contributed by atoms with Gasteiger partial charge in [0.1, 0.15) is 0 Å². The van der Waals surface area contributed by atoms with Gasteiger partial charge in [0, 0.05) is 31.6 Å². The second-order valence-electron chi connectivity index (χ2n) is 4.28. The molecule has 0 unspecified atom stereocenters. The summed E-state index contributed by atoms with van der Waals surface area (Å²) < 4.78 is 0. The van der Waals surface area contributed by atoms with Gasteiger partial charge < -0.3 is 20.4 Å². The van der Waals surface area contributed by atoms with Crippen molar-refractivity contribution in [2.45, 2.75) is 51.4 Å². The highest BCUT2D eigenvalue weighted by Crippen LogP contribution is 2.10. The van der Waals surface area contributed by atoms with Crippen molar-refractivity contribution in [1.29, 1.82) is 0 Å². The summed E-state index contributed by atoms with van der Waals surface area (Å²) in [6, 6.07) is 0. The third kappa shape index (κ3) is 11.1. The number of carboxylic acids is 2. The predicted octanol–water partition coefficient (Wildman–Crippen LogP) is 0.0684. The number of unbranched alkanes of at least 4 members (excludes halogenated alkanes) is 1. The number of hydrogen-bond acceptors (Lipinski definition) is 6. The molecule has 0 aliphatic rings. The van der Waals surface area contributed by atoms with Crippen molar-refractivity contribution in [3.63, 3.8) is 0 Å². The molecule has 0 atom stereocenters. The summed E-state index contributed by atoms with van der Waals surface area (Å²) in [5.74, 6) is -1.74. The summed E-state index contributed by atoms with van der Waals surface area (Å²) in [4.78, 5) is 29.0. The summed E-state index contributed by atoms with van der Waals surface area (Å²) in [6.07, 6.45) is -0.892. The average molecular weight is 281 g/mol. The Kier molecular flexibility index (Phi) is 9.51. The highest BCUT2D eigenvalue weighted by molar-refractivity contribution is 5.67. The number of carbonyl (C=O) groups is 2. The summed E-state index contributed by atoms with van der Waals surface area (Å²) in [6.45, 7) is 2.27. The van der Waals surface area contributed by atoms with Crippen molar-refractivity contribution in [2.75, 3.05) is 0 Å². The first-order chi connectivity index (χ1) is 8.51. The number of aliphatic carboxylic acids is 2. The number of nitro groups is 1. The normalized spacial score (nSPS) is 10.6. The van der Waals surface area contributed by atoms with Crippen LogP contribution in [0.5, 0.6) is 0 Å². The second-order valence-corrected chi connectivity index (χ2v) is 4.28. The average Bonchev–Trinajstić information content (AvgIpc) is 2.24. The van der Waals surface area contributed by atoms with Crippen LogP contribution in [0.4, 0.5) is 0 Å². The molecular formula is C10H19NO8. The van der Waals surface area contributed by atoms with Gasteiger partial charge in [0.2, 0.25) is 6.29 Å². The Hall–Kier alpha value is -1.74. The molecule has 0 saturated carbocycles. The van der Waals surface area contributed by atoms with Crippen LogP contribution in [-0.4, -0.2) is 49.1 Å². The zero-order chi connectivity index (χ0) is 15.6. The molecule has 0 fully saturated rings. The monoisotopic (exact) mass is 281 g/mol. The maximum absolute atomic E-state index is 9.95. The number of carboxylic acid groups (broad SMARTS) is 2. The third-order valence-electron chi connectivity index (χ3n) is 2.13. The van der Waals surface area contributed by atoms with E-state index in [0.29, 0.717) is 12.8 Å². The molecule has 0 aliphatic carbocycles. The van der Waals surface area contributed by atoms with Crippen LogP contribution in [0.25, 0.3) is 0 Å². The van der Waals surface area contributed by atoms with Crippen LogP contribution in [0.2, 0.25) is 0 Å².